The van der Waals surface area contributed by atoms with E-state index < -0.39 is 0 Å². The minimum Gasteiger partial charge on any atom is -0.348 e. The van der Waals surface area contributed by atoms with Gasteiger partial charge >= 0.3 is 0 Å². The number of nitrogens with zero attached hydrogens (tertiary/aromatic N) is 3. The molecule has 0 aliphatic rings. The van der Waals surface area contributed by atoms with Crippen LogP contribution in [0.1, 0.15) is 0 Å². The Morgan fingerprint density at radius 3 is 2.72 bits per heavy atom. The smallest absolute Gasteiger partial charge is 0.232 e. The summed E-state index contributed by atoms with van der Waals surface area (Å²) in [5.41, 5.74) is 0.982. The van der Waals surface area contributed by atoms with Crippen LogP contribution in [0.2, 0.25) is 0 Å². The van der Waals surface area contributed by atoms with Crippen molar-refractivity contribution in [3.8, 4) is 11.4 Å². The maximum atomic E-state index is 11.4. The SMILES string of the molecule is CN(C)C(=O)CSc1n[nH]c(-c2ccccc2)n1. The fourth-order valence-corrected chi connectivity index (χ4v) is 2.07. The number of H-pyrrole nitrogens is 1. The van der Waals surface area contributed by atoms with Crippen LogP contribution in [0.3, 0.4) is 0 Å². The standard InChI is InChI=1S/C12H14N4OS/c1-16(2)10(17)8-18-12-13-11(14-15-12)9-6-4-3-5-7-9/h3-7H,8H2,1-2H3,(H,13,14,15). The van der Waals surface area contributed by atoms with Crippen molar-refractivity contribution in [3.63, 3.8) is 0 Å². The van der Waals surface area contributed by atoms with E-state index in [4.69, 9.17) is 0 Å². The van der Waals surface area contributed by atoms with Crippen LogP contribution >= 0.6 is 11.8 Å². The third-order valence-electron chi connectivity index (χ3n) is 2.34. The molecule has 1 aromatic carbocycles. The van der Waals surface area contributed by atoms with Crippen LogP contribution in [-0.2, 0) is 4.79 Å². The third-order valence-corrected chi connectivity index (χ3v) is 3.17. The summed E-state index contributed by atoms with van der Waals surface area (Å²) in [6.07, 6.45) is 0. The average Bonchev–Trinajstić information content (AvgIpc) is 2.85. The first-order valence-electron chi connectivity index (χ1n) is 5.47. The molecule has 0 spiro atoms. The second kappa shape index (κ2) is 5.68. The van der Waals surface area contributed by atoms with Gasteiger partial charge in [-0.2, -0.15) is 0 Å². The topological polar surface area (TPSA) is 61.9 Å². The van der Waals surface area contributed by atoms with E-state index in [1.165, 1.54) is 11.8 Å². The van der Waals surface area contributed by atoms with Crippen molar-refractivity contribution in [3.05, 3.63) is 30.3 Å². The summed E-state index contributed by atoms with van der Waals surface area (Å²) in [5, 5.41) is 7.54. The van der Waals surface area contributed by atoms with E-state index >= 15 is 0 Å². The fraction of sp³-hybridized carbons (Fsp3) is 0.250. The zero-order chi connectivity index (χ0) is 13.0. The molecule has 2 rings (SSSR count). The van der Waals surface area contributed by atoms with E-state index in [1.54, 1.807) is 19.0 Å². The van der Waals surface area contributed by atoms with Gasteiger partial charge in [-0.05, 0) is 0 Å². The first-order chi connectivity index (χ1) is 8.66. The quantitative estimate of drug-likeness (QED) is 0.851. The molecule has 0 saturated heterocycles. The normalized spacial score (nSPS) is 10.3. The summed E-state index contributed by atoms with van der Waals surface area (Å²) in [4.78, 5) is 17.3. The lowest BCUT2D eigenvalue weighted by atomic mass is 10.2. The van der Waals surface area contributed by atoms with Crippen molar-refractivity contribution in [2.75, 3.05) is 19.8 Å². The Labute approximate surface area is 110 Å². The molecule has 5 nitrogen and oxygen atoms in total. The predicted octanol–water partition coefficient (Wildman–Crippen LogP) is 1.65. The number of carbonyl (C=O) groups is 1. The van der Waals surface area contributed by atoms with Crippen molar-refractivity contribution in [1.82, 2.24) is 20.1 Å². The Bertz CT molecular complexity index is 524. The van der Waals surface area contributed by atoms with Gasteiger partial charge in [0.2, 0.25) is 11.1 Å². The predicted molar refractivity (Wildman–Crippen MR) is 71.2 cm³/mol. The monoisotopic (exact) mass is 262 g/mol. The molecule has 1 amide bonds. The van der Waals surface area contributed by atoms with E-state index in [2.05, 4.69) is 15.2 Å². The molecule has 1 heterocycles. The molecule has 0 radical (unpaired) electrons. The summed E-state index contributed by atoms with van der Waals surface area (Å²) in [5.74, 6) is 1.11. The molecule has 18 heavy (non-hydrogen) atoms. The highest BCUT2D eigenvalue weighted by atomic mass is 32.2. The number of hydrogen-bond donors (Lipinski definition) is 1. The molecule has 0 saturated carbocycles. The number of aromatic amines is 1. The number of hydrogen-bond acceptors (Lipinski definition) is 4. The van der Waals surface area contributed by atoms with Crippen LogP contribution in [-0.4, -0.2) is 45.8 Å². The van der Waals surface area contributed by atoms with Gasteiger partial charge in [0.25, 0.3) is 0 Å². The first kappa shape index (κ1) is 12.6. The van der Waals surface area contributed by atoms with Crippen LogP contribution in [0, 0.1) is 0 Å². The summed E-state index contributed by atoms with van der Waals surface area (Å²) in [7, 11) is 3.46. The number of benzene rings is 1. The Kier molecular flexibility index (Phi) is 3.99. The first-order valence-corrected chi connectivity index (χ1v) is 6.46. The van der Waals surface area contributed by atoms with Gasteiger partial charge in [-0.25, -0.2) is 4.98 Å². The van der Waals surface area contributed by atoms with E-state index in [9.17, 15) is 4.79 Å². The summed E-state index contributed by atoms with van der Waals surface area (Å²) in [6.45, 7) is 0. The van der Waals surface area contributed by atoms with E-state index in [-0.39, 0.29) is 5.91 Å². The molecule has 2 aromatic rings. The molecular weight excluding hydrogens is 248 g/mol. The van der Waals surface area contributed by atoms with Gasteiger partial charge in [-0.15, -0.1) is 5.10 Å². The van der Waals surface area contributed by atoms with Crippen molar-refractivity contribution >= 4 is 17.7 Å². The summed E-state index contributed by atoms with van der Waals surface area (Å²) < 4.78 is 0. The molecule has 94 valence electrons. The number of carbonyl (C=O) groups excluding carboxylic acids is 1. The van der Waals surface area contributed by atoms with Gasteiger partial charge in [0.15, 0.2) is 5.82 Å². The fourth-order valence-electron chi connectivity index (χ4n) is 1.29. The van der Waals surface area contributed by atoms with E-state index in [0.717, 1.165) is 11.4 Å². The van der Waals surface area contributed by atoms with Crippen LogP contribution in [0.25, 0.3) is 11.4 Å². The second-order valence-electron chi connectivity index (χ2n) is 3.91. The Morgan fingerprint density at radius 2 is 2.06 bits per heavy atom. The van der Waals surface area contributed by atoms with Crippen molar-refractivity contribution < 1.29 is 4.79 Å². The van der Waals surface area contributed by atoms with Crippen molar-refractivity contribution in [2.45, 2.75) is 5.16 Å². The molecule has 0 fully saturated rings. The van der Waals surface area contributed by atoms with Gasteiger partial charge in [-0.3, -0.25) is 9.89 Å². The zero-order valence-corrected chi connectivity index (χ0v) is 11.1. The molecule has 1 aromatic heterocycles. The minimum atomic E-state index is 0.0473. The van der Waals surface area contributed by atoms with Crippen LogP contribution in [0.15, 0.2) is 35.5 Å². The summed E-state index contributed by atoms with van der Waals surface area (Å²) in [6, 6.07) is 9.76. The van der Waals surface area contributed by atoms with Gasteiger partial charge in [-0.1, -0.05) is 42.1 Å². The molecule has 6 heteroatoms. The number of amides is 1. The highest BCUT2D eigenvalue weighted by Gasteiger charge is 2.09. The van der Waals surface area contributed by atoms with Crippen molar-refractivity contribution in [1.29, 1.82) is 0 Å². The maximum absolute atomic E-state index is 11.4. The minimum absolute atomic E-state index is 0.0473. The van der Waals surface area contributed by atoms with Gasteiger partial charge < -0.3 is 4.90 Å². The second-order valence-corrected chi connectivity index (χ2v) is 4.85. The molecule has 0 bridgehead atoms. The lowest BCUT2D eigenvalue weighted by molar-refractivity contribution is -0.125. The number of rotatable bonds is 4. The number of aromatic nitrogens is 3. The van der Waals surface area contributed by atoms with Gasteiger partial charge in [0.1, 0.15) is 0 Å². The number of thioether (sulfide) groups is 1. The number of nitrogens with one attached hydrogen (secondary N) is 1. The summed E-state index contributed by atoms with van der Waals surface area (Å²) >= 11 is 1.33. The van der Waals surface area contributed by atoms with E-state index in [0.29, 0.717) is 10.9 Å². The van der Waals surface area contributed by atoms with Crippen molar-refractivity contribution in [2.24, 2.45) is 0 Å². The van der Waals surface area contributed by atoms with Gasteiger partial charge in [0, 0.05) is 19.7 Å². The largest absolute Gasteiger partial charge is 0.348 e. The maximum Gasteiger partial charge on any atom is 0.232 e. The Hall–Kier alpha value is -1.82. The highest BCUT2D eigenvalue weighted by molar-refractivity contribution is 7.99. The lowest BCUT2D eigenvalue weighted by Gasteiger charge is -2.07. The highest BCUT2D eigenvalue weighted by Crippen LogP contribution is 2.18. The lowest BCUT2D eigenvalue weighted by Crippen LogP contribution is -2.23. The molecule has 0 aliphatic heterocycles. The van der Waals surface area contributed by atoms with Crippen LogP contribution in [0.4, 0.5) is 0 Å². The van der Waals surface area contributed by atoms with Gasteiger partial charge in [0.05, 0.1) is 5.75 Å². The molecule has 0 aliphatic carbocycles. The van der Waals surface area contributed by atoms with Crippen LogP contribution in [0.5, 0.6) is 0 Å². The Morgan fingerprint density at radius 1 is 1.33 bits per heavy atom. The molecule has 0 unspecified atom stereocenters. The molecular formula is C12H14N4OS. The molecule has 1 N–H and O–H groups in total. The Balaban J connectivity index is 2.01. The zero-order valence-electron chi connectivity index (χ0n) is 10.3. The molecule has 0 atom stereocenters. The third kappa shape index (κ3) is 3.10. The average molecular weight is 262 g/mol. The van der Waals surface area contributed by atoms with Crippen LogP contribution < -0.4 is 0 Å². The van der Waals surface area contributed by atoms with E-state index in [1.807, 2.05) is 30.3 Å².